The molecule has 1 fully saturated rings. The Balaban J connectivity index is 1.21. The van der Waals surface area contributed by atoms with E-state index in [-0.39, 0.29) is 4.90 Å². The van der Waals surface area contributed by atoms with E-state index in [0.717, 1.165) is 28.2 Å². The lowest BCUT2D eigenvalue weighted by atomic mass is 10.1. The molecule has 0 N–H and O–H groups in total. The number of rotatable bonds is 7. The lowest BCUT2D eigenvalue weighted by Crippen LogP contribution is -2.48. The number of nitrogens with zero attached hydrogens (tertiary/aromatic N) is 4. The fourth-order valence-electron chi connectivity index (χ4n) is 5.68. The van der Waals surface area contributed by atoms with Crippen molar-refractivity contribution in [1.29, 1.82) is 0 Å². The van der Waals surface area contributed by atoms with Gasteiger partial charge >= 0.3 is 0 Å². The fourth-order valence-corrected chi connectivity index (χ4v) is 8.98. The first-order valence-corrected chi connectivity index (χ1v) is 17.5. The molecule has 11 heteroatoms. The Morgan fingerprint density at radius 2 is 1.68 bits per heavy atom. The molecule has 0 spiro atoms. The second kappa shape index (κ2) is 11.9. The molecule has 4 heterocycles. The summed E-state index contributed by atoms with van der Waals surface area (Å²) in [4.78, 5) is 8.71. The number of benzene rings is 3. The lowest BCUT2D eigenvalue weighted by Gasteiger charge is -2.34. The molecule has 0 unspecified atom stereocenters. The average Bonchev–Trinajstić information content (AvgIpc) is 3.63. The Morgan fingerprint density at radius 1 is 0.932 bits per heavy atom. The van der Waals surface area contributed by atoms with E-state index < -0.39 is 10.0 Å². The molecule has 224 valence electrons. The van der Waals surface area contributed by atoms with Crippen LogP contribution < -0.4 is 4.74 Å². The van der Waals surface area contributed by atoms with Gasteiger partial charge < -0.3 is 9.14 Å². The first-order valence-electron chi connectivity index (χ1n) is 14.1. The Bertz CT molecular complexity index is 2070. The zero-order valence-electron chi connectivity index (χ0n) is 23.8. The standard InChI is InChI=1S/C33H28BrClN4O3S2/c1-42-28-12-9-25(34)19-31(28)44(40,41)38-16-14-37(15-17-38)21-27-33(22-6-10-26(35)11-7-22)36-32-13-8-24(20-39(27)32)30-18-23-4-2-3-5-29(23)43-30/h2-13,18-20H,14-17,21H2,1H3. The van der Waals surface area contributed by atoms with Crippen LogP contribution >= 0.6 is 38.9 Å². The summed E-state index contributed by atoms with van der Waals surface area (Å²) in [6.45, 7) is 2.52. The number of halogens is 2. The summed E-state index contributed by atoms with van der Waals surface area (Å²) in [5.74, 6) is 0.336. The maximum atomic E-state index is 13.6. The monoisotopic (exact) mass is 706 g/mol. The summed E-state index contributed by atoms with van der Waals surface area (Å²) in [7, 11) is -2.24. The van der Waals surface area contributed by atoms with Crippen LogP contribution in [0.4, 0.5) is 0 Å². The molecule has 44 heavy (non-hydrogen) atoms. The zero-order valence-corrected chi connectivity index (χ0v) is 27.8. The lowest BCUT2D eigenvalue weighted by molar-refractivity contribution is 0.179. The van der Waals surface area contributed by atoms with Crippen molar-refractivity contribution in [3.05, 3.63) is 106 Å². The summed E-state index contributed by atoms with van der Waals surface area (Å²) < 4.78 is 38.2. The van der Waals surface area contributed by atoms with Crippen LogP contribution in [-0.2, 0) is 16.6 Å². The molecular weight excluding hydrogens is 680 g/mol. The van der Waals surface area contributed by atoms with Crippen molar-refractivity contribution in [1.82, 2.24) is 18.6 Å². The molecule has 0 atom stereocenters. The number of thiophene rings is 1. The summed E-state index contributed by atoms with van der Waals surface area (Å²) in [5, 5.41) is 1.90. The predicted molar refractivity (Wildman–Crippen MR) is 181 cm³/mol. The van der Waals surface area contributed by atoms with Gasteiger partial charge in [0.25, 0.3) is 0 Å². The SMILES string of the molecule is COc1ccc(Br)cc1S(=O)(=O)N1CCN(Cc2c(-c3ccc(Cl)cc3)nc3ccc(-c4cc5ccccc5s4)cn23)CC1. The van der Waals surface area contributed by atoms with Crippen molar-refractivity contribution in [2.24, 2.45) is 0 Å². The van der Waals surface area contributed by atoms with E-state index in [1.807, 2.05) is 24.3 Å². The van der Waals surface area contributed by atoms with Gasteiger partial charge in [0, 0.05) is 69.1 Å². The highest BCUT2D eigenvalue weighted by molar-refractivity contribution is 9.10. The quantitative estimate of drug-likeness (QED) is 0.169. The highest BCUT2D eigenvalue weighted by Gasteiger charge is 2.32. The first-order chi connectivity index (χ1) is 21.3. The van der Waals surface area contributed by atoms with Gasteiger partial charge in [-0.3, -0.25) is 4.90 Å². The number of piperazine rings is 1. The third kappa shape index (κ3) is 5.55. The Hall–Kier alpha value is -3.25. The van der Waals surface area contributed by atoms with E-state index in [4.69, 9.17) is 21.3 Å². The molecule has 6 aromatic rings. The predicted octanol–water partition coefficient (Wildman–Crippen LogP) is 7.81. The maximum Gasteiger partial charge on any atom is 0.246 e. The van der Waals surface area contributed by atoms with Gasteiger partial charge in [-0.05, 0) is 60.0 Å². The third-order valence-electron chi connectivity index (χ3n) is 7.99. The van der Waals surface area contributed by atoms with Crippen molar-refractivity contribution < 1.29 is 13.2 Å². The molecule has 1 saturated heterocycles. The molecule has 0 bridgehead atoms. The minimum absolute atomic E-state index is 0.170. The van der Waals surface area contributed by atoms with E-state index in [1.165, 1.54) is 22.1 Å². The number of ether oxygens (including phenoxy) is 1. The van der Waals surface area contributed by atoms with E-state index in [9.17, 15) is 8.42 Å². The normalized spacial score (nSPS) is 14.9. The molecule has 0 amide bonds. The molecule has 0 saturated carbocycles. The largest absolute Gasteiger partial charge is 0.495 e. The van der Waals surface area contributed by atoms with Crippen LogP contribution in [0.5, 0.6) is 5.75 Å². The number of fused-ring (bicyclic) bond motifs is 2. The first kappa shape index (κ1) is 29.5. The van der Waals surface area contributed by atoms with Crippen molar-refractivity contribution in [2.75, 3.05) is 33.3 Å². The maximum absolute atomic E-state index is 13.6. The minimum atomic E-state index is -3.73. The second-order valence-electron chi connectivity index (χ2n) is 10.7. The van der Waals surface area contributed by atoms with Crippen LogP contribution in [0.3, 0.4) is 0 Å². The molecule has 0 radical (unpaired) electrons. The molecule has 3 aromatic heterocycles. The van der Waals surface area contributed by atoms with Crippen LogP contribution in [0.1, 0.15) is 5.69 Å². The molecule has 7 nitrogen and oxygen atoms in total. The topological polar surface area (TPSA) is 67.2 Å². The molecule has 0 aliphatic carbocycles. The number of imidazole rings is 1. The smallest absolute Gasteiger partial charge is 0.246 e. The zero-order chi connectivity index (χ0) is 30.4. The Labute approximate surface area is 273 Å². The molecule has 3 aromatic carbocycles. The molecule has 7 rings (SSSR count). The van der Waals surface area contributed by atoms with Crippen molar-refractivity contribution >= 4 is 64.6 Å². The van der Waals surface area contributed by atoms with Crippen molar-refractivity contribution in [3.63, 3.8) is 0 Å². The number of hydrogen-bond donors (Lipinski definition) is 0. The van der Waals surface area contributed by atoms with Gasteiger partial charge in [0.1, 0.15) is 16.3 Å². The van der Waals surface area contributed by atoms with Crippen molar-refractivity contribution in [2.45, 2.75) is 11.4 Å². The third-order valence-corrected chi connectivity index (χ3v) is 11.8. The van der Waals surface area contributed by atoms with Crippen LogP contribution in [0.25, 0.3) is 37.4 Å². The highest BCUT2D eigenvalue weighted by atomic mass is 79.9. The van der Waals surface area contributed by atoms with Gasteiger partial charge in [-0.15, -0.1) is 11.3 Å². The molecule has 1 aliphatic heterocycles. The summed E-state index contributed by atoms with van der Waals surface area (Å²) in [5.41, 5.74) is 4.91. The van der Waals surface area contributed by atoms with Crippen LogP contribution in [0, 0.1) is 0 Å². The Morgan fingerprint density at radius 3 is 2.43 bits per heavy atom. The van der Waals surface area contributed by atoms with Gasteiger partial charge in [-0.1, -0.05) is 57.9 Å². The Kier molecular flexibility index (Phi) is 7.98. The van der Waals surface area contributed by atoms with E-state index in [2.05, 4.69) is 73.9 Å². The van der Waals surface area contributed by atoms with Crippen molar-refractivity contribution in [3.8, 4) is 27.4 Å². The van der Waals surface area contributed by atoms with E-state index in [1.54, 1.807) is 33.8 Å². The highest BCUT2D eigenvalue weighted by Crippen LogP contribution is 2.35. The van der Waals surface area contributed by atoms with Gasteiger partial charge in [-0.2, -0.15) is 4.31 Å². The summed E-state index contributed by atoms with van der Waals surface area (Å²) in [6, 6.07) is 27.7. The van der Waals surface area contributed by atoms with Crippen LogP contribution in [0.15, 0.2) is 100 Å². The summed E-state index contributed by atoms with van der Waals surface area (Å²) in [6.07, 6.45) is 2.17. The van der Waals surface area contributed by atoms with E-state index >= 15 is 0 Å². The fraction of sp³-hybridized carbons (Fsp3) is 0.182. The number of hydrogen-bond acceptors (Lipinski definition) is 6. The minimum Gasteiger partial charge on any atom is -0.495 e. The number of sulfonamides is 1. The summed E-state index contributed by atoms with van der Waals surface area (Å²) >= 11 is 11.4. The van der Waals surface area contributed by atoms with Gasteiger partial charge in [-0.25, -0.2) is 13.4 Å². The number of methoxy groups -OCH3 is 1. The number of aromatic nitrogens is 2. The van der Waals surface area contributed by atoms with E-state index in [0.29, 0.717) is 48.0 Å². The molecular formula is C33H28BrClN4O3S2. The van der Waals surface area contributed by atoms with Crippen LogP contribution in [-0.4, -0.2) is 60.3 Å². The van der Waals surface area contributed by atoms with Gasteiger partial charge in [0.05, 0.1) is 18.5 Å². The van der Waals surface area contributed by atoms with Crippen LogP contribution in [0.2, 0.25) is 5.02 Å². The van der Waals surface area contributed by atoms with Gasteiger partial charge in [0.15, 0.2) is 0 Å². The molecule has 1 aliphatic rings. The second-order valence-corrected chi connectivity index (χ2v) is 15.0. The number of pyridine rings is 1. The average molecular weight is 708 g/mol. The van der Waals surface area contributed by atoms with Gasteiger partial charge in [0.2, 0.25) is 10.0 Å².